The molecule has 11 heteroatoms. The lowest BCUT2D eigenvalue weighted by Gasteiger charge is -2.37. The topological polar surface area (TPSA) is 119 Å². The molecule has 0 amide bonds. The molecule has 2 unspecified atom stereocenters. The van der Waals surface area contributed by atoms with Gasteiger partial charge in [0.2, 0.25) is 0 Å². The Morgan fingerprint density at radius 3 is 2.87 bits per heavy atom. The number of fused-ring (bicyclic) bond motifs is 1. The molecule has 0 saturated carbocycles. The first-order chi connectivity index (χ1) is 14.3. The number of ether oxygens (including phenoxy) is 1. The Hall–Kier alpha value is -1.43. The van der Waals surface area contributed by atoms with Crippen molar-refractivity contribution in [3.8, 4) is 0 Å². The van der Waals surface area contributed by atoms with Crippen molar-refractivity contribution in [1.82, 2.24) is 15.7 Å². The van der Waals surface area contributed by atoms with E-state index in [1.165, 1.54) is 20.1 Å². The molecule has 1 saturated heterocycles. The van der Waals surface area contributed by atoms with E-state index in [2.05, 4.69) is 15.8 Å². The summed E-state index contributed by atoms with van der Waals surface area (Å²) in [6.45, 7) is 1.79. The van der Waals surface area contributed by atoms with E-state index >= 15 is 0 Å². The summed E-state index contributed by atoms with van der Waals surface area (Å²) in [6.07, 6.45) is -1.12. The van der Waals surface area contributed by atoms with Gasteiger partial charge in [-0.2, -0.15) is 0 Å². The lowest BCUT2D eigenvalue weighted by atomic mass is 9.88. The minimum absolute atomic E-state index is 0.154. The van der Waals surface area contributed by atoms with E-state index in [1.54, 1.807) is 23.2 Å². The van der Waals surface area contributed by atoms with Crippen LogP contribution < -0.4 is 10.8 Å². The van der Waals surface area contributed by atoms with Crippen molar-refractivity contribution in [2.24, 2.45) is 10.9 Å². The molecule has 3 aliphatic heterocycles. The van der Waals surface area contributed by atoms with Crippen LogP contribution in [-0.2, 0) is 9.57 Å². The first-order valence-electron chi connectivity index (χ1n) is 9.47. The maximum absolute atomic E-state index is 11.0. The van der Waals surface area contributed by atoms with Crippen LogP contribution in [0.3, 0.4) is 0 Å². The molecule has 1 aromatic rings. The molecule has 0 bridgehead atoms. The standard InChI is InChI=1S/C19H24Cl2N4O5/c1-19(28)14(27)18(25-6-5-10-16(24-29-2)22-8-23-17(10)25)30-15(19)13(26)9-3-4-11(20)12(21)7-9/h3-7,10,13-15,17-18,23,26-28H,8H2,1-2H3,(H,22,24)/t10?,13-,14+,15-,17?,18-,19+/m1/s1. The lowest BCUT2D eigenvalue weighted by Crippen LogP contribution is -2.58. The molecular weight excluding hydrogens is 435 g/mol. The van der Waals surface area contributed by atoms with E-state index in [0.29, 0.717) is 23.1 Å². The van der Waals surface area contributed by atoms with E-state index in [1.807, 2.05) is 6.08 Å². The lowest BCUT2D eigenvalue weighted by molar-refractivity contribution is -0.125. The molecule has 1 fully saturated rings. The zero-order valence-corrected chi connectivity index (χ0v) is 17.9. The third-order valence-electron chi connectivity index (χ3n) is 5.80. The monoisotopic (exact) mass is 458 g/mol. The Balaban J connectivity index is 1.56. The second-order valence-electron chi connectivity index (χ2n) is 7.71. The predicted octanol–water partition coefficient (Wildman–Crippen LogP) is 0.745. The van der Waals surface area contributed by atoms with Crippen LogP contribution >= 0.6 is 23.2 Å². The van der Waals surface area contributed by atoms with Crippen LogP contribution in [0, 0.1) is 5.92 Å². The highest BCUT2D eigenvalue weighted by molar-refractivity contribution is 6.42. The summed E-state index contributed by atoms with van der Waals surface area (Å²) in [6, 6.07) is 4.68. The second-order valence-corrected chi connectivity index (χ2v) is 8.52. The minimum Gasteiger partial charge on any atom is -0.386 e. The Labute approximate surface area is 183 Å². The van der Waals surface area contributed by atoms with E-state index in [0.717, 1.165) is 0 Å². The van der Waals surface area contributed by atoms with Crippen LogP contribution in [-0.4, -0.2) is 70.0 Å². The second kappa shape index (κ2) is 8.25. The summed E-state index contributed by atoms with van der Waals surface area (Å²) in [4.78, 5) is 11.1. The van der Waals surface area contributed by atoms with Gasteiger partial charge < -0.3 is 25.0 Å². The van der Waals surface area contributed by atoms with E-state index in [9.17, 15) is 15.3 Å². The van der Waals surface area contributed by atoms with Gasteiger partial charge in [-0.15, -0.1) is 0 Å². The van der Waals surface area contributed by atoms with E-state index in [4.69, 9.17) is 32.8 Å². The first kappa shape index (κ1) is 21.8. The van der Waals surface area contributed by atoms with Crippen molar-refractivity contribution in [2.45, 2.75) is 43.2 Å². The number of hydrogen-bond acceptors (Lipinski definition) is 9. The van der Waals surface area contributed by atoms with Crippen LogP contribution in [0.25, 0.3) is 0 Å². The zero-order chi connectivity index (χ0) is 21.6. The van der Waals surface area contributed by atoms with Crippen LogP contribution in [0.4, 0.5) is 0 Å². The van der Waals surface area contributed by atoms with Gasteiger partial charge in [-0.3, -0.25) is 20.6 Å². The average molecular weight is 459 g/mol. The molecule has 30 heavy (non-hydrogen) atoms. The van der Waals surface area contributed by atoms with Crippen LogP contribution in [0.2, 0.25) is 10.0 Å². The van der Waals surface area contributed by atoms with E-state index < -0.39 is 30.1 Å². The van der Waals surface area contributed by atoms with Crippen molar-refractivity contribution in [2.75, 3.05) is 13.8 Å². The number of halogens is 2. The molecule has 0 aromatic heterocycles. The summed E-state index contributed by atoms with van der Waals surface area (Å²) >= 11 is 12.0. The smallest absolute Gasteiger partial charge is 0.160 e. The van der Waals surface area contributed by atoms with Crippen LogP contribution in [0.15, 0.2) is 35.5 Å². The minimum atomic E-state index is -1.72. The van der Waals surface area contributed by atoms with Gasteiger partial charge in [0.05, 0.1) is 35.9 Å². The number of aliphatic hydroxyl groups excluding tert-OH is 2. The molecule has 0 spiro atoms. The van der Waals surface area contributed by atoms with Gasteiger partial charge >= 0.3 is 0 Å². The predicted molar refractivity (Wildman–Crippen MR) is 111 cm³/mol. The van der Waals surface area contributed by atoms with Crippen LogP contribution in [0.1, 0.15) is 18.6 Å². The number of amidine groups is 1. The van der Waals surface area contributed by atoms with Gasteiger partial charge in [0.25, 0.3) is 0 Å². The van der Waals surface area contributed by atoms with Gasteiger partial charge in [0, 0.05) is 6.20 Å². The molecule has 4 rings (SSSR count). The fraction of sp³-hybridized carbons (Fsp3) is 0.526. The number of aliphatic imine (C=N–C) groups is 1. The van der Waals surface area contributed by atoms with Crippen molar-refractivity contribution < 1.29 is 24.9 Å². The largest absolute Gasteiger partial charge is 0.386 e. The average Bonchev–Trinajstić information content (AvgIpc) is 3.24. The highest BCUT2D eigenvalue weighted by atomic mass is 35.5. The van der Waals surface area contributed by atoms with Crippen molar-refractivity contribution in [3.63, 3.8) is 0 Å². The van der Waals surface area contributed by atoms with Crippen molar-refractivity contribution in [3.05, 3.63) is 46.1 Å². The van der Waals surface area contributed by atoms with Gasteiger partial charge in [0.1, 0.15) is 29.7 Å². The fourth-order valence-electron chi connectivity index (χ4n) is 4.14. The molecule has 0 radical (unpaired) electrons. The number of aliphatic hydroxyl groups is 3. The number of nitrogens with one attached hydrogen (secondary N) is 2. The maximum Gasteiger partial charge on any atom is 0.160 e. The number of benzene rings is 1. The maximum atomic E-state index is 11.0. The van der Waals surface area contributed by atoms with Gasteiger partial charge in [-0.25, -0.2) is 0 Å². The molecule has 5 N–H and O–H groups in total. The number of hydroxylamine groups is 1. The zero-order valence-electron chi connectivity index (χ0n) is 16.4. The molecule has 1 aromatic carbocycles. The molecular formula is C19H24Cl2N4O5. The molecule has 3 heterocycles. The molecule has 0 aliphatic carbocycles. The summed E-state index contributed by atoms with van der Waals surface area (Å²) in [5.74, 6) is 0.491. The highest BCUT2D eigenvalue weighted by Crippen LogP contribution is 2.42. The summed E-state index contributed by atoms with van der Waals surface area (Å²) in [5.41, 5.74) is 1.47. The highest BCUT2D eigenvalue weighted by Gasteiger charge is 2.58. The third kappa shape index (κ3) is 3.59. The molecule has 7 atom stereocenters. The van der Waals surface area contributed by atoms with E-state index in [-0.39, 0.29) is 17.1 Å². The first-order valence-corrected chi connectivity index (χ1v) is 10.2. The number of rotatable bonds is 4. The number of hydrogen-bond donors (Lipinski definition) is 5. The van der Waals surface area contributed by atoms with Gasteiger partial charge in [-0.05, 0) is 24.6 Å². The SMILES string of the molecule is CONC1=NCNC2C1C=CN2[C@@H]1O[C@H]([C@H](O)c2ccc(Cl)c(Cl)c2)[C@@](C)(O)[C@H]1O. The summed E-state index contributed by atoms with van der Waals surface area (Å²) in [5, 5.41) is 36.7. The molecule has 3 aliphatic rings. The Bertz CT molecular complexity index is 867. The van der Waals surface area contributed by atoms with Crippen LogP contribution in [0.5, 0.6) is 0 Å². The van der Waals surface area contributed by atoms with Crippen molar-refractivity contribution in [1.29, 1.82) is 0 Å². The fourth-order valence-corrected chi connectivity index (χ4v) is 4.45. The van der Waals surface area contributed by atoms with Gasteiger partial charge in [0.15, 0.2) is 6.23 Å². The number of nitrogens with zero attached hydrogens (tertiary/aromatic N) is 2. The summed E-state index contributed by atoms with van der Waals surface area (Å²) in [7, 11) is 1.51. The normalized spacial score (nSPS) is 36.6. The molecule has 9 nitrogen and oxygen atoms in total. The Kier molecular flexibility index (Phi) is 5.99. The Morgan fingerprint density at radius 2 is 2.17 bits per heavy atom. The third-order valence-corrected chi connectivity index (χ3v) is 6.53. The molecule has 164 valence electrons. The van der Waals surface area contributed by atoms with Crippen molar-refractivity contribution >= 4 is 29.0 Å². The van der Waals surface area contributed by atoms with Gasteiger partial charge in [-0.1, -0.05) is 35.3 Å². The Morgan fingerprint density at radius 1 is 1.40 bits per heavy atom. The summed E-state index contributed by atoms with van der Waals surface area (Å²) < 4.78 is 6.02. The quantitative estimate of drug-likeness (QED) is 0.419.